The van der Waals surface area contributed by atoms with Crippen molar-refractivity contribution < 1.29 is 4.92 Å². The Bertz CT molecular complexity index is 580. The Balaban J connectivity index is 1.99. The SMILES string of the molecule is CCCNCc1cn(Cc2cccc([N+](=O)[O-])c2)cn1. The van der Waals surface area contributed by atoms with Crippen LogP contribution in [0.25, 0.3) is 0 Å². The van der Waals surface area contributed by atoms with E-state index in [-0.39, 0.29) is 10.6 Å². The molecule has 0 radical (unpaired) electrons. The molecule has 0 saturated heterocycles. The van der Waals surface area contributed by atoms with Crippen molar-refractivity contribution in [1.29, 1.82) is 0 Å². The van der Waals surface area contributed by atoms with Gasteiger partial charge in [0.05, 0.1) is 16.9 Å². The van der Waals surface area contributed by atoms with Crippen molar-refractivity contribution in [2.75, 3.05) is 6.54 Å². The van der Waals surface area contributed by atoms with Crippen molar-refractivity contribution in [1.82, 2.24) is 14.9 Å². The Hall–Kier alpha value is -2.21. The van der Waals surface area contributed by atoms with Crippen molar-refractivity contribution in [3.63, 3.8) is 0 Å². The summed E-state index contributed by atoms with van der Waals surface area (Å²) in [7, 11) is 0. The summed E-state index contributed by atoms with van der Waals surface area (Å²) in [5.74, 6) is 0. The minimum atomic E-state index is -0.377. The molecule has 1 N–H and O–H groups in total. The van der Waals surface area contributed by atoms with Crippen LogP contribution >= 0.6 is 0 Å². The maximum atomic E-state index is 10.7. The Labute approximate surface area is 117 Å². The van der Waals surface area contributed by atoms with Gasteiger partial charge in [-0.2, -0.15) is 0 Å². The maximum Gasteiger partial charge on any atom is 0.269 e. The van der Waals surface area contributed by atoms with Gasteiger partial charge in [-0.05, 0) is 18.5 Å². The average molecular weight is 274 g/mol. The van der Waals surface area contributed by atoms with Gasteiger partial charge in [0.25, 0.3) is 5.69 Å². The second-order valence-corrected chi connectivity index (χ2v) is 4.64. The number of imidazole rings is 1. The van der Waals surface area contributed by atoms with Gasteiger partial charge in [-0.3, -0.25) is 10.1 Å². The number of rotatable bonds is 7. The highest BCUT2D eigenvalue weighted by molar-refractivity contribution is 5.34. The number of nitrogens with one attached hydrogen (secondary N) is 1. The molecule has 0 unspecified atom stereocenters. The predicted octanol–water partition coefficient (Wildman–Crippen LogP) is 2.34. The fourth-order valence-corrected chi connectivity index (χ4v) is 1.96. The molecule has 2 aromatic rings. The van der Waals surface area contributed by atoms with E-state index in [1.807, 2.05) is 16.8 Å². The number of hydrogen-bond acceptors (Lipinski definition) is 4. The zero-order valence-electron chi connectivity index (χ0n) is 11.5. The normalized spacial score (nSPS) is 10.7. The Morgan fingerprint density at radius 3 is 3.05 bits per heavy atom. The third kappa shape index (κ3) is 3.89. The topological polar surface area (TPSA) is 73.0 Å². The van der Waals surface area contributed by atoms with Crippen molar-refractivity contribution in [3.8, 4) is 0 Å². The van der Waals surface area contributed by atoms with Gasteiger partial charge < -0.3 is 9.88 Å². The minimum absolute atomic E-state index is 0.118. The van der Waals surface area contributed by atoms with E-state index < -0.39 is 0 Å². The summed E-state index contributed by atoms with van der Waals surface area (Å²) in [5.41, 5.74) is 1.99. The first-order valence-corrected chi connectivity index (χ1v) is 6.63. The van der Waals surface area contributed by atoms with Gasteiger partial charge in [0, 0.05) is 31.4 Å². The first kappa shape index (κ1) is 14.2. The van der Waals surface area contributed by atoms with E-state index in [0.717, 1.165) is 30.8 Å². The Kier molecular flexibility index (Phi) is 4.84. The van der Waals surface area contributed by atoms with Crippen molar-refractivity contribution >= 4 is 5.69 Å². The molecule has 0 aliphatic carbocycles. The number of benzene rings is 1. The maximum absolute atomic E-state index is 10.7. The van der Waals surface area contributed by atoms with E-state index in [0.29, 0.717) is 6.54 Å². The molecule has 6 heteroatoms. The lowest BCUT2D eigenvalue weighted by molar-refractivity contribution is -0.384. The highest BCUT2D eigenvalue weighted by atomic mass is 16.6. The van der Waals surface area contributed by atoms with Crippen molar-refractivity contribution in [2.45, 2.75) is 26.4 Å². The van der Waals surface area contributed by atoms with E-state index in [1.54, 1.807) is 18.5 Å². The molecule has 20 heavy (non-hydrogen) atoms. The third-order valence-corrected chi connectivity index (χ3v) is 2.91. The van der Waals surface area contributed by atoms with Gasteiger partial charge in [-0.25, -0.2) is 4.98 Å². The minimum Gasteiger partial charge on any atom is -0.333 e. The number of nitrogens with zero attached hydrogens (tertiary/aromatic N) is 3. The Morgan fingerprint density at radius 2 is 2.30 bits per heavy atom. The van der Waals surface area contributed by atoms with Crippen LogP contribution in [0, 0.1) is 10.1 Å². The summed E-state index contributed by atoms with van der Waals surface area (Å²) in [6, 6.07) is 6.67. The molecule has 2 rings (SSSR count). The molecule has 106 valence electrons. The first-order valence-electron chi connectivity index (χ1n) is 6.63. The summed E-state index contributed by atoms with van der Waals surface area (Å²) < 4.78 is 1.93. The van der Waals surface area contributed by atoms with Gasteiger partial charge in [0.15, 0.2) is 0 Å². The lowest BCUT2D eigenvalue weighted by Gasteiger charge is -2.02. The van der Waals surface area contributed by atoms with E-state index in [2.05, 4.69) is 17.2 Å². The van der Waals surface area contributed by atoms with Crippen LogP contribution in [0.15, 0.2) is 36.8 Å². The average Bonchev–Trinajstić information content (AvgIpc) is 2.87. The van der Waals surface area contributed by atoms with Crippen LogP contribution in [0.2, 0.25) is 0 Å². The van der Waals surface area contributed by atoms with Crippen LogP contribution in [0.5, 0.6) is 0 Å². The zero-order chi connectivity index (χ0) is 14.4. The molecule has 0 aliphatic heterocycles. The molecular weight excluding hydrogens is 256 g/mol. The summed E-state index contributed by atoms with van der Waals surface area (Å²) in [6.45, 7) is 4.42. The lowest BCUT2D eigenvalue weighted by Crippen LogP contribution is -2.13. The molecule has 1 aromatic heterocycles. The quantitative estimate of drug-likeness (QED) is 0.478. The van der Waals surface area contributed by atoms with Crippen LogP contribution in [0.4, 0.5) is 5.69 Å². The molecule has 0 amide bonds. The highest BCUT2D eigenvalue weighted by Crippen LogP contribution is 2.14. The van der Waals surface area contributed by atoms with Crippen LogP contribution in [0.3, 0.4) is 0 Å². The standard InChI is InChI=1S/C14H18N4O2/c1-2-6-15-8-13-10-17(11-16-13)9-12-4-3-5-14(7-12)18(19)20/h3-5,7,10-11,15H,2,6,8-9H2,1H3. The molecule has 0 atom stereocenters. The smallest absolute Gasteiger partial charge is 0.269 e. The summed E-state index contributed by atoms with van der Waals surface area (Å²) >= 11 is 0. The van der Waals surface area contributed by atoms with Crippen LogP contribution in [-0.2, 0) is 13.1 Å². The second kappa shape index (κ2) is 6.81. The van der Waals surface area contributed by atoms with Gasteiger partial charge in [-0.15, -0.1) is 0 Å². The van der Waals surface area contributed by atoms with Gasteiger partial charge in [0.1, 0.15) is 0 Å². The fourth-order valence-electron chi connectivity index (χ4n) is 1.96. The van der Waals surface area contributed by atoms with E-state index in [1.165, 1.54) is 6.07 Å². The molecule has 0 aliphatic rings. The highest BCUT2D eigenvalue weighted by Gasteiger charge is 2.06. The van der Waals surface area contributed by atoms with E-state index in [4.69, 9.17) is 0 Å². The molecule has 0 saturated carbocycles. The summed E-state index contributed by atoms with van der Waals surface area (Å²) in [4.78, 5) is 14.7. The summed E-state index contributed by atoms with van der Waals surface area (Å²) in [5, 5.41) is 14.0. The molecule has 6 nitrogen and oxygen atoms in total. The van der Waals surface area contributed by atoms with Gasteiger partial charge in [0.2, 0.25) is 0 Å². The van der Waals surface area contributed by atoms with Gasteiger partial charge >= 0.3 is 0 Å². The van der Waals surface area contributed by atoms with Crippen molar-refractivity contribution in [3.05, 3.63) is 58.2 Å². The number of aromatic nitrogens is 2. The molecule has 1 heterocycles. The van der Waals surface area contributed by atoms with Crippen LogP contribution < -0.4 is 5.32 Å². The molecule has 0 spiro atoms. The van der Waals surface area contributed by atoms with Crippen LogP contribution in [0.1, 0.15) is 24.6 Å². The third-order valence-electron chi connectivity index (χ3n) is 2.91. The zero-order valence-corrected chi connectivity index (χ0v) is 11.5. The number of nitro benzene ring substituents is 1. The van der Waals surface area contributed by atoms with E-state index in [9.17, 15) is 10.1 Å². The monoisotopic (exact) mass is 274 g/mol. The van der Waals surface area contributed by atoms with E-state index >= 15 is 0 Å². The number of non-ortho nitro benzene ring substituents is 1. The second-order valence-electron chi connectivity index (χ2n) is 4.64. The number of hydrogen-bond donors (Lipinski definition) is 1. The lowest BCUT2D eigenvalue weighted by atomic mass is 10.2. The van der Waals surface area contributed by atoms with Gasteiger partial charge in [-0.1, -0.05) is 19.1 Å². The largest absolute Gasteiger partial charge is 0.333 e. The molecule has 0 bridgehead atoms. The molecule has 1 aromatic carbocycles. The Morgan fingerprint density at radius 1 is 1.45 bits per heavy atom. The summed E-state index contributed by atoms with van der Waals surface area (Å²) in [6.07, 6.45) is 4.80. The predicted molar refractivity (Wildman–Crippen MR) is 76.4 cm³/mol. The van der Waals surface area contributed by atoms with Crippen LogP contribution in [-0.4, -0.2) is 21.0 Å². The number of nitro groups is 1. The first-order chi connectivity index (χ1) is 9.69. The molecule has 0 fully saturated rings. The molecular formula is C14H18N4O2. The fraction of sp³-hybridized carbons (Fsp3) is 0.357. The van der Waals surface area contributed by atoms with Crippen molar-refractivity contribution in [2.24, 2.45) is 0 Å².